The maximum absolute atomic E-state index is 13.3. The highest BCUT2D eigenvalue weighted by molar-refractivity contribution is 5.94. The van der Waals surface area contributed by atoms with Gasteiger partial charge >= 0.3 is 0 Å². The molecule has 21 heavy (non-hydrogen) atoms. The summed E-state index contributed by atoms with van der Waals surface area (Å²) in [5, 5.41) is 2.30. The van der Waals surface area contributed by atoms with Crippen LogP contribution >= 0.6 is 0 Å². The lowest BCUT2D eigenvalue weighted by Gasteiger charge is -2.03. The molecule has 0 aliphatic heterocycles. The van der Waals surface area contributed by atoms with E-state index < -0.39 is 23.1 Å². The van der Waals surface area contributed by atoms with Gasteiger partial charge in [-0.1, -0.05) is 17.9 Å². The van der Waals surface area contributed by atoms with Crippen LogP contribution in [0.2, 0.25) is 0 Å². The highest BCUT2D eigenvalue weighted by atomic mass is 19.1. The summed E-state index contributed by atoms with van der Waals surface area (Å²) in [5.41, 5.74) is -0.0659. The molecule has 0 aliphatic rings. The van der Waals surface area contributed by atoms with Crippen molar-refractivity contribution in [2.24, 2.45) is 0 Å². The lowest BCUT2D eigenvalue weighted by molar-refractivity contribution is 0.0950. The molecule has 1 N–H and O–H groups in total. The van der Waals surface area contributed by atoms with Crippen LogP contribution in [-0.2, 0) is 0 Å². The number of halogens is 3. The van der Waals surface area contributed by atoms with E-state index in [1.54, 1.807) is 0 Å². The summed E-state index contributed by atoms with van der Waals surface area (Å²) < 4.78 is 39.3. The Morgan fingerprint density at radius 1 is 1.00 bits per heavy atom. The van der Waals surface area contributed by atoms with Crippen LogP contribution in [-0.4, -0.2) is 12.5 Å². The number of benzene rings is 2. The van der Waals surface area contributed by atoms with Crippen molar-refractivity contribution >= 4 is 5.91 Å². The number of carbonyl (C=O) groups excluding carboxylic acids is 1. The third-order valence-corrected chi connectivity index (χ3v) is 2.60. The van der Waals surface area contributed by atoms with Crippen LogP contribution in [0.15, 0.2) is 42.5 Å². The molecule has 106 valence electrons. The normalized spacial score (nSPS) is 9.67. The third kappa shape index (κ3) is 3.86. The lowest BCUT2D eigenvalue weighted by Crippen LogP contribution is -2.25. The SMILES string of the molecule is O=C(NCC#Cc1ccc(F)cc1)c1c(F)cccc1F. The molecule has 2 aromatic carbocycles. The first-order valence-electron chi connectivity index (χ1n) is 6.04. The molecule has 0 aliphatic carbocycles. The first-order chi connectivity index (χ1) is 10.1. The van der Waals surface area contributed by atoms with Crippen molar-refractivity contribution in [2.75, 3.05) is 6.54 Å². The van der Waals surface area contributed by atoms with Gasteiger partial charge in [-0.25, -0.2) is 13.2 Å². The number of amides is 1. The number of hydrogen-bond donors (Lipinski definition) is 1. The Hall–Kier alpha value is -2.74. The lowest BCUT2D eigenvalue weighted by atomic mass is 10.2. The molecular formula is C16H10F3NO. The van der Waals surface area contributed by atoms with Crippen molar-refractivity contribution in [1.29, 1.82) is 0 Å². The minimum atomic E-state index is -0.931. The Labute approximate surface area is 119 Å². The van der Waals surface area contributed by atoms with Crippen LogP contribution in [0.3, 0.4) is 0 Å². The molecule has 0 unspecified atom stereocenters. The van der Waals surface area contributed by atoms with Crippen LogP contribution in [0.5, 0.6) is 0 Å². The van der Waals surface area contributed by atoms with Gasteiger partial charge in [-0.2, -0.15) is 0 Å². The summed E-state index contributed by atoms with van der Waals surface area (Å²) in [6, 6.07) is 8.68. The molecule has 0 aromatic heterocycles. The van der Waals surface area contributed by atoms with Crippen molar-refractivity contribution in [3.8, 4) is 11.8 Å². The smallest absolute Gasteiger partial charge is 0.258 e. The van der Waals surface area contributed by atoms with E-state index in [2.05, 4.69) is 17.2 Å². The number of hydrogen-bond acceptors (Lipinski definition) is 1. The van der Waals surface area contributed by atoms with Crippen molar-refractivity contribution < 1.29 is 18.0 Å². The van der Waals surface area contributed by atoms with Crippen LogP contribution in [0.25, 0.3) is 0 Å². The van der Waals surface area contributed by atoms with Gasteiger partial charge in [-0.05, 0) is 36.4 Å². The number of nitrogens with one attached hydrogen (secondary N) is 1. The zero-order valence-corrected chi connectivity index (χ0v) is 10.8. The van der Waals surface area contributed by atoms with Crippen molar-refractivity contribution in [3.05, 3.63) is 71.0 Å². The van der Waals surface area contributed by atoms with Crippen molar-refractivity contribution in [1.82, 2.24) is 5.32 Å². The molecule has 0 spiro atoms. The molecule has 0 bridgehead atoms. The van der Waals surface area contributed by atoms with Gasteiger partial charge in [0.25, 0.3) is 5.91 Å². The Balaban J connectivity index is 1.98. The monoisotopic (exact) mass is 289 g/mol. The largest absolute Gasteiger partial charge is 0.341 e. The molecule has 2 rings (SSSR count). The molecule has 0 saturated carbocycles. The summed E-state index contributed by atoms with van der Waals surface area (Å²) in [6.07, 6.45) is 0. The van der Waals surface area contributed by atoms with Crippen LogP contribution in [0.4, 0.5) is 13.2 Å². The van der Waals surface area contributed by atoms with E-state index in [-0.39, 0.29) is 12.4 Å². The summed E-state index contributed by atoms with van der Waals surface area (Å²) in [6.45, 7) is -0.0794. The van der Waals surface area contributed by atoms with Gasteiger partial charge < -0.3 is 5.32 Å². The quantitative estimate of drug-likeness (QED) is 0.846. The first-order valence-corrected chi connectivity index (χ1v) is 6.04. The topological polar surface area (TPSA) is 29.1 Å². The van der Waals surface area contributed by atoms with Gasteiger partial charge in [-0.3, -0.25) is 4.79 Å². The van der Waals surface area contributed by atoms with E-state index in [4.69, 9.17) is 0 Å². The highest BCUT2D eigenvalue weighted by Gasteiger charge is 2.15. The summed E-state index contributed by atoms with van der Waals surface area (Å²) in [4.78, 5) is 11.6. The van der Waals surface area contributed by atoms with E-state index in [9.17, 15) is 18.0 Å². The van der Waals surface area contributed by atoms with Gasteiger partial charge in [0, 0.05) is 5.56 Å². The predicted molar refractivity (Wildman–Crippen MR) is 72.0 cm³/mol. The molecular weight excluding hydrogens is 279 g/mol. The van der Waals surface area contributed by atoms with E-state index >= 15 is 0 Å². The molecule has 0 saturated heterocycles. The van der Waals surface area contributed by atoms with Crippen LogP contribution in [0, 0.1) is 29.3 Å². The maximum Gasteiger partial charge on any atom is 0.258 e. The van der Waals surface area contributed by atoms with Gasteiger partial charge in [-0.15, -0.1) is 0 Å². The van der Waals surface area contributed by atoms with Crippen LogP contribution in [0.1, 0.15) is 15.9 Å². The highest BCUT2D eigenvalue weighted by Crippen LogP contribution is 2.11. The van der Waals surface area contributed by atoms with Gasteiger partial charge in [0.1, 0.15) is 23.0 Å². The van der Waals surface area contributed by atoms with Crippen molar-refractivity contribution in [2.45, 2.75) is 0 Å². The first kappa shape index (κ1) is 14.7. The molecule has 2 nitrogen and oxygen atoms in total. The zero-order valence-electron chi connectivity index (χ0n) is 10.8. The van der Waals surface area contributed by atoms with E-state index in [1.807, 2.05) is 0 Å². The Morgan fingerprint density at radius 2 is 1.62 bits per heavy atom. The second-order valence-corrected chi connectivity index (χ2v) is 4.09. The summed E-state index contributed by atoms with van der Waals surface area (Å²) in [5.74, 6) is 2.19. The molecule has 2 aromatic rings. The fraction of sp³-hybridized carbons (Fsp3) is 0.0625. The fourth-order valence-corrected chi connectivity index (χ4v) is 1.61. The van der Waals surface area contributed by atoms with Gasteiger partial charge in [0.2, 0.25) is 0 Å². The van der Waals surface area contributed by atoms with Gasteiger partial charge in [0.15, 0.2) is 0 Å². The molecule has 5 heteroatoms. The number of rotatable bonds is 2. The molecule has 0 fully saturated rings. The number of carbonyl (C=O) groups is 1. The maximum atomic E-state index is 13.3. The minimum absolute atomic E-state index is 0.0794. The van der Waals surface area contributed by atoms with E-state index in [1.165, 1.54) is 30.3 Å². The summed E-state index contributed by atoms with van der Waals surface area (Å²) in [7, 11) is 0. The molecule has 0 heterocycles. The van der Waals surface area contributed by atoms with Gasteiger partial charge in [0.05, 0.1) is 6.54 Å². The Kier molecular flexibility index (Phi) is 4.62. The Morgan fingerprint density at radius 3 is 2.24 bits per heavy atom. The minimum Gasteiger partial charge on any atom is -0.341 e. The van der Waals surface area contributed by atoms with Crippen LogP contribution < -0.4 is 5.32 Å². The second kappa shape index (κ2) is 6.62. The average molecular weight is 289 g/mol. The fourth-order valence-electron chi connectivity index (χ4n) is 1.61. The predicted octanol–water partition coefficient (Wildman–Crippen LogP) is 2.89. The summed E-state index contributed by atoms with van der Waals surface area (Å²) >= 11 is 0. The Bertz CT molecular complexity index is 694. The zero-order chi connectivity index (χ0) is 15.2. The van der Waals surface area contributed by atoms with Crippen molar-refractivity contribution in [3.63, 3.8) is 0 Å². The standard InChI is InChI=1S/C16H10F3NO/c17-12-8-6-11(7-9-12)3-2-10-20-16(21)15-13(18)4-1-5-14(15)19/h1,4-9H,10H2,(H,20,21). The molecule has 0 radical (unpaired) electrons. The van der Waals surface area contributed by atoms with E-state index in [0.717, 1.165) is 12.1 Å². The average Bonchev–Trinajstić information content (AvgIpc) is 2.45. The molecule has 1 amide bonds. The third-order valence-electron chi connectivity index (χ3n) is 2.60. The second-order valence-electron chi connectivity index (χ2n) is 4.09. The van der Waals surface area contributed by atoms with E-state index in [0.29, 0.717) is 5.56 Å². The molecule has 0 atom stereocenters.